The number of hydrogen-bond acceptors (Lipinski definition) is 8. The Morgan fingerprint density at radius 2 is 1.81 bits per heavy atom. The molecule has 1 aliphatic carbocycles. The number of ether oxygens (including phenoxy) is 2. The Morgan fingerprint density at radius 1 is 1.09 bits per heavy atom. The molecule has 2 heterocycles. The third-order valence-corrected chi connectivity index (χ3v) is 6.17. The Morgan fingerprint density at radius 3 is 2.53 bits per heavy atom. The summed E-state index contributed by atoms with van der Waals surface area (Å²) in [5, 5.41) is 47.4. The van der Waals surface area contributed by atoms with Crippen molar-refractivity contribution < 1.29 is 43.9 Å². The van der Waals surface area contributed by atoms with Crippen molar-refractivity contribution >= 4 is 11.8 Å². The van der Waals surface area contributed by atoms with Crippen molar-refractivity contribution in [1.29, 1.82) is 0 Å². The SMILES string of the molecule is O=C(NC1[C@H](O)[C@@H](O)[C@@H](O)[C@@H]2NC(=O)c3c(cc4c(c3O)OCO4)[C@@H]12)c1ccc(F)cc1. The molecule has 2 aromatic carbocycles. The zero-order chi connectivity index (χ0) is 22.7. The largest absolute Gasteiger partial charge is 0.504 e. The van der Waals surface area contributed by atoms with Crippen molar-refractivity contribution in [3.63, 3.8) is 0 Å². The number of aliphatic hydroxyl groups excluding tert-OH is 3. The zero-order valence-corrected chi connectivity index (χ0v) is 16.4. The number of nitrogens with one attached hydrogen (secondary N) is 2. The number of carbonyl (C=O) groups is 2. The number of rotatable bonds is 2. The Kier molecular flexibility index (Phi) is 4.69. The third-order valence-electron chi connectivity index (χ3n) is 6.17. The van der Waals surface area contributed by atoms with Crippen molar-refractivity contribution in [2.75, 3.05) is 6.79 Å². The van der Waals surface area contributed by atoms with Gasteiger partial charge in [0.05, 0.1) is 17.6 Å². The van der Waals surface area contributed by atoms with E-state index in [2.05, 4.69) is 10.6 Å². The van der Waals surface area contributed by atoms with Gasteiger partial charge in [-0.3, -0.25) is 9.59 Å². The van der Waals surface area contributed by atoms with Crippen molar-refractivity contribution in [2.45, 2.75) is 36.3 Å². The number of carbonyl (C=O) groups excluding carboxylic acids is 2. The molecule has 0 bridgehead atoms. The molecule has 1 fully saturated rings. The molecular formula is C21H19FN2O8. The topological polar surface area (TPSA) is 158 Å². The minimum atomic E-state index is -1.68. The van der Waals surface area contributed by atoms with Crippen LogP contribution in [0.2, 0.25) is 0 Å². The molecule has 11 heteroatoms. The van der Waals surface area contributed by atoms with E-state index in [-0.39, 0.29) is 35.0 Å². The molecule has 2 aliphatic heterocycles. The fourth-order valence-electron chi connectivity index (χ4n) is 4.62. The van der Waals surface area contributed by atoms with E-state index in [0.29, 0.717) is 0 Å². The van der Waals surface area contributed by atoms with E-state index in [4.69, 9.17) is 9.47 Å². The van der Waals surface area contributed by atoms with Crippen molar-refractivity contribution in [1.82, 2.24) is 10.6 Å². The van der Waals surface area contributed by atoms with E-state index in [1.165, 1.54) is 18.2 Å². The zero-order valence-electron chi connectivity index (χ0n) is 16.4. The first-order valence-corrected chi connectivity index (χ1v) is 9.85. The minimum Gasteiger partial charge on any atom is -0.504 e. The molecule has 6 N–H and O–H groups in total. The highest BCUT2D eigenvalue weighted by Crippen LogP contribution is 2.50. The molecular weight excluding hydrogens is 427 g/mol. The van der Waals surface area contributed by atoms with Crippen molar-refractivity contribution in [3.8, 4) is 17.2 Å². The molecule has 1 saturated carbocycles. The van der Waals surface area contributed by atoms with Gasteiger partial charge in [0.1, 0.15) is 24.1 Å². The van der Waals surface area contributed by atoms with E-state index in [0.717, 1.165) is 12.1 Å². The van der Waals surface area contributed by atoms with Crippen LogP contribution in [-0.4, -0.2) is 69.4 Å². The fraction of sp³-hybridized carbons (Fsp3) is 0.333. The van der Waals surface area contributed by atoms with E-state index in [1.54, 1.807) is 0 Å². The van der Waals surface area contributed by atoms with Crippen LogP contribution in [0.15, 0.2) is 30.3 Å². The molecule has 10 nitrogen and oxygen atoms in total. The maximum absolute atomic E-state index is 13.2. The number of benzene rings is 2. The first kappa shape index (κ1) is 20.5. The fourth-order valence-corrected chi connectivity index (χ4v) is 4.62. The predicted molar refractivity (Wildman–Crippen MR) is 104 cm³/mol. The number of phenolic OH excluding ortho intramolecular Hbond substituents is 1. The van der Waals surface area contributed by atoms with Crippen LogP contribution in [0, 0.1) is 5.82 Å². The van der Waals surface area contributed by atoms with Gasteiger partial charge in [-0.2, -0.15) is 0 Å². The number of aliphatic hydroxyl groups is 3. The Balaban J connectivity index is 1.59. The number of phenols is 1. The van der Waals surface area contributed by atoms with Gasteiger partial charge >= 0.3 is 0 Å². The lowest BCUT2D eigenvalue weighted by Crippen LogP contribution is -2.69. The van der Waals surface area contributed by atoms with Gasteiger partial charge in [0.15, 0.2) is 11.5 Å². The van der Waals surface area contributed by atoms with Gasteiger partial charge in [-0.1, -0.05) is 0 Å². The molecule has 0 spiro atoms. The van der Waals surface area contributed by atoms with Gasteiger partial charge in [0.2, 0.25) is 12.5 Å². The number of halogens is 1. The first-order valence-electron chi connectivity index (χ1n) is 9.85. The second-order valence-corrected chi connectivity index (χ2v) is 7.93. The second-order valence-electron chi connectivity index (χ2n) is 7.93. The molecule has 32 heavy (non-hydrogen) atoms. The van der Waals surface area contributed by atoms with Crippen LogP contribution < -0.4 is 20.1 Å². The molecule has 5 rings (SSSR count). The highest BCUT2D eigenvalue weighted by atomic mass is 19.1. The van der Waals surface area contributed by atoms with Gasteiger partial charge < -0.3 is 40.5 Å². The molecule has 2 aromatic rings. The summed E-state index contributed by atoms with van der Waals surface area (Å²) in [6.45, 7) is -0.170. The second kappa shape index (κ2) is 7.33. The number of fused-ring (bicyclic) bond motifs is 4. The smallest absolute Gasteiger partial charge is 0.255 e. The summed E-state index contributed by atoms with van der Waals surface area (Å²) in [6.07, 6.45) is -4.86. The molecule has 168 valence electrons. The van der Waals surface area contributed by atoms with Gasteiger partial charge in [0.25, 0.3) is 11.8 Å². The van der Waals surface area contributed by atoms with E-state index >= 15 is 0 Å². The first-order chi connectivity index (χ1) is 15.3. The van der Waals surface area contributed by atoms with Crippen LogP contribution >= 0.6 is 0 Å². The Bertz CT molecular complexity index is 1110. The summed E-state index contributed by atoms with van der Waals surface area (Å²) in [7, 11) is 0. The number of aromatic hydroxyl groups is 1. The lowest BCUT2D eigenvalue weighted by molar-refractivity contribution is -0.117. The standard InChI is InChI=1S/C21H19FN2O8/c22-8-3-1-7(2-4-8)20(29)23-13-11-9-5-10-19(32-6-31-10)15(25)12(9)21(30)24-14(11)17(27)18(28)16(13)26/h1-5,11,13-14,16-18,25-28H,6H2,(H,23,29)(H,24,30)/t11-,13?,14+,16-,17-,18+/m0/s1. The van der Waals surface area contributed by atoms with Gasteiger partial charge in [-0.05, 0) is 35.9 Å². The lowest BCUT2D eigenvalue weighted by atomic mass is 9.68. The Hall–Kier alpha value is -3.41. The monoisotopic (exact) mass is 446 g/mol. The quantitative estimate of drug-likeness (QED) is 0.355. The molecule has 0 saturated heterocycles. The maximum atomic E-state index is 13.2. The molecule has 6 atom stereocenters. The summed E-state index contributed by atoms with van der Waals surface area (Å²) < 4.78 is 23.7. The van der Waals surface area contributed by atoms with Crippen LogP contribution in [0.25, 0.3) is 0 Å². The summed E-state index contributed by atoms with van der Waals surface area (Å²) in [5.74, 6) is -3.18. The van der Waals surface area contributed by atoms with Crippen molar-refractivity contribution in [2.24, 2.45) is 0 Å². The third kappa shape index (κ3) is 2.97. The van der Waals surface area contributed by atoms with Crippen molar-refractivity contribution in [3.05, 3.63) is 52.8 Å². The van der Waals surface area contributed by atoms with Crippen LogP contribution in [0.1, 0.15) is 32.2 Å². The Labute approximate surface area is 180 Å². The number of amides is 2. The summed E-state index contributed by atoms with van der Waals surface area (Å²) >= 11 is 0. The normalized spacial score (nSPS) is 30.2. The lowest BCUT2D eigenvalue weighted by Gasteiger charge is -2.49. The molecule has 0 aromatic heterocycles. The maximum Gasteiger partial charge on any atom is 0.255 e. The average Bonchev–Trinajstić information content (AvgIpc) is 3.24. The van der Waals surface area contributed by atoms with Gasteiger partial charge in [-0.25, -0.2) is 4.39 Å². The number of hydrogen-bond donors (Lipinski definition) is 6. The summed E-state index contributed by atoms with van der Waals surface area (Å²) in [6, 6.07) is 3.88. The average molecular weight is 446 g/mol. The highest BCUT2D eigenvalue weighted by molar-refractivity contribution is 6.02. The van der Waals surface area contributed by atoms with Crippen LogP contribution in [0.4, 0.5) is 4.39 Å². The van der Waals surface area contributed by atoms with Gasteiger partial charge in [0, 0.05) is 11.5 Å². The molecule has 0 radical (unpaired) electrons. The minimum absolute atomic E-state index is 0.0128. The molecule has 3 aliphatic rings. The predicted octanol–water partition coefficient (Wildman–Crippen LogP) is -0.649. The molecule has 2 amide bonds. The van der Waals surface area contributed by atoms with E-state index in [1.807, 2.05) is 0 Å². The summed E-state index contributed by atoms with van der Waals surface area (Å²) in [4.78, 5) is 25.5. The molecule has 1 unspecified atom stereocenters. The highest BCUT2D eigenvalue weighted by Gasteiger charge is 2.54. The van der Waals surface area contributed by atoms with Crippen LogP contribution in [-0.2, 0) is 0 Å². The van der Waals surface area contributed by atoms with E-state index in [9.17, 15) is 34.4 Å². The van der Waals surface area contributed by atoms with Crippen LogP contribution in [0.5, 0.6) is 17.2 Å². The summed E-state index contributed by atoms with van der Waals surface area (Å²) in [5.41, 5.74) is 0.159. The van der Waals surface area contributed by atoms with Crippen LogP contribution in [0.3, 0.4) is 0 Å². The van der Waals surface area contributed by atoms with E-state index < -0.39 is 59.7 Å². The van der Waals surface area contributed by atoms with Gasteiger partial charge in [-0.15, -0.1) is 0 Å².